The largest absolute Gasteiger partial charge is 0.286 e. The normalized spacial score (nSPS) is 14.0. The Labute approximate surface area is 147 Å². The van der Waals surface area contributed by atoms with Crippen molar-refractivity contribution in [2.75, 3.05) is 13.1 Å². The topological polar surface area (TPSA) is 32.7 Å². The predicted molar refractivity (Wildman–Crippen MR) is 92.4 cm³/mol. The van der Waals surface area contributed by atoms with Crippen LogP contribution in [-0.2, 0) is 5.75 Å². The van der Waals surface area contributed by atoms with E-state index in [1.54, 1.807) is 6.07 Å². The molecule has 0 saturated heterocycles. The van der Waals surface area contributed by atoms with Gasteiger partial charge < -0.3 is 0 Å². The lowest BCUT2D eigenvalue weighted by atomic mass is 10.2. The van der Waals surface area contributed by atoms with Gasteiger partial charge in [0.15, 0.2) is 16.8 Å². The third-order valence-electron chi connectivity index (χ3n) is 3.53. The number of benzene rings is 2. The number of aliphatic imine (C=N–C) groups is 1. The second kappa shape index (κ2) is 7.32. The molecule has 0 N–H and O–H groups in total. The van der Waals surface area contributed by atoms with Crippen molar-refractivity contribution in [3.8, 4) is 0 Å². The molecule has 2 aromatic rings. The van der Waals surface area contributed by atoms with Crippen LogP contribution in [0.3, 0.4) is 0 Å². The first kappa shape index (κ1) is 16.9. The van der Waals surface area contributed by atoms with Crippen molar-refractivity contribution < 1.29 is 13.6 Å². The molecule has 0 aliphatic carbocycles. The number of thioether (sulfide) groups is 1. The van der Waals surface area contributed by atoms with Crippen molar-refractivity contribution >= 4 is 34.4 Å². The van der Waals surface area contributed by atoms with Gasteiger partial charge in [0.05, 0.1) is 6.54 Å². The molecule has 2 aromatic carbocycles. The Bertz CT molecular complexity index is 813. The zero-order chi connectivity index (χ0) is 17.1. The van der Waals surface area contributed by atoms with Gasteiger partial charge in [0.2, 0.25) is 0 Å². The van der Waals surface area contributed by atoms with Gasteiger partial charge in [0, 0.05) is 22.9 Å². The molecule has 0 fully saturated rings. The number of halogens is 3. The number of carbonyl (C=O) groups excluding carboxylic acids is 1. The predicted octanol–water partition coefficient (Wildman–Crippen LogP) is 4.36. The van der Waals surface area contributed by atoms with Gasteiger partial charge in [-0.2, -0.15) is 0 Å². The van der Waals surface area contributed by atoms with Gasteiger partial charge in [-0.25, -0.2) is 8.78 Å². The molecule has 124 valence electrons. The zero-order valence-corrected chi connectivity index (χ0v) is 14.1. The van der Waals surface area contributed by atoms with E-state index in [0.717, 1.165) is 17.7 Å². The summed E-state index contributed by atoms with van der Waals surface area (Å²) in [5.41, 5.74) is 1.04. The highest BCUT2D eigenvalue weighted by Crippen LogP contribution is 2.25. The molecule has 1 aliphatic rings. The molecule has 0 bridgehead atoms. The van der Waals surface area contributed by atoms with Crippen LogP contribution in [0.1, 0.15) is 15.9 Å². The Morgan fingerprint density at radius 3 is 2.75 bits per heavy atom. The fourth-order valence-electron chi connectivity index (χ4n) is 2.28. The lowest BCUT2D eigenvalue weighted by Gasteiger charge is -2.18. The molecule has 0 radical (unpaired) electrons. The molecule has 0 atom stereocenters. The van der Waals surface area contributed by atoms with Crippen molar-refractivity contribution in [1.82, 2.24) is 4.90 Å². The average molecular weight is 367 g/mol. The van der Waals surface area contributed by atoms with E-state index in [9.17, 15) is 13.6 Å². The summed E-state index contributed by atoms with van der Waals surface area (Å²) in [7, 11) is 0. The van der Waals surface area contributed by atoms with Gasteiger partial charge >= 0.3 is 0 Å². The van der Waals surface area contributed by atoms with E-state index in [1.807, 2.05) is 18.2 Å². The molecule has 7 heteroatoms. The van der Waals surface area contributed by atoms with E-state index in [0.29, 0.717) is 29.0 Å². The highest BCUT2D eigenvalue weighted by Gasteiger charge is 2.26. The minimum absolute atomic E-state index is 0.0989. The molecule has 0 aromatic heterocycles. The third kappa shape index (κ3) is 3.60. The van der Waals surface area contributed by atoms with E-state index >= 15 is 0 Å². The molecule has 1 amide bonds. The molecule has 0 spiro atoms. The van der Waals surface area contributed by atoms with Crippen LogP contribution < -0.4 is 0 Å². The van der Waals surface area contributed by atoms with E-state index in [2.05, 4.69) is 4.99 Å². The highest BCUT2D eigenvalue weighted by molar-refractivity contribution is 8.13. The Morgan fingerprint density at radius 2 is 2.00 bits per heavy atom. The van der Waals surface area contributed by atoms with E-state index in [1.165, 1.54) is 22.7 Å². The molecule has 0 saturated carbocycles. The van der Waals surface area contributed by atoms with Gasteiger partial charge in [-0.3, -0.25) is 14.7 Å². The average Bonchev–Trinajstić information content (AvgIpc) is 3.04. The summed E-state index contributed by atoms with van der Waals surface area (Å²) in [4.78, 5) is 18.3. The second-order valence-electron chi connectivity index (χ2n) is 5.13. The van der Waals surface area contributed by atoms with Crippen molar-refractivity contribution in [3.63, 3.8) is 0 Å². The van der Waals surface area contributed by atoms with Crippen LogP contribution in [0.15, 0.2) is 47.5 Å². The van der Waals surface area contributed by atoms with Crippen LogP contribution in [0.2, 0.25) is 5.02 Å². The number of amidine groups is 1. The molecular formula is C17H13ClF2N2OS. The van der Waals surface area contributed by atoms with Crippen molar-refractivity contribution in [2.45, 2.75) is 5.75 Å². The lowest BCUT2D eigenvalue weighted by Crippen LogP contribution is -2.33. The Morgan fingerprint density at radius 1 is 1.21 bits per heavy atom. The smallest absolute Gasteiger partial charge is 0.259 e. The van der Waals surface area contributed by atoms with E-state index < -0.39 is 17.5 Å². The quantitative estimate of drug-likeness (QED) is 0.808. The summed E-state index contributed by atoms with van der Waals surface area (Å²) < 4.78 is 26.4. The maximum Gasteiger partial charge on any atom is 0.259 e. The first-order chi connectivity index (χ1) is 11.6. The molecular weight excluding hydrogens is 354 g/mol. The third-order valence-corrected chi connectivity index (χ3v) is 4.96. The maximum atomic E-state index is 13.3. The van der Waals surface area contributed by atoms with Crippen LogP contribution in [0.5, 0.6) is 0 Å². The second-order valence-corrected chi connectivity index (χ2v) is 6.48. The fourth-order valence-corrected chi connectivity index (χ4v) is 3.61. The lowest BCUT2D eigenvalue weighted by molar-refractivity contribution is 0.0860. The Balaban J connectivity index is 1.72. The van der Waals surface area contributed by atoms with Gasteiger partial charge in [-0.1, -0.05) is 41.6 Å². The SMILES string of the molecule is O=C(c1ccc(F)c(F)c1)N1CCN=C1SCc1ccccc1Cl. The summed E-state index contributed by atoms with van der Waals surface area (Å²) in [5, 5.41) is 1.21. The van der Waals surface area contributed by atoms with E-state index in [4.69, 9.17) is 11.6 Å². The van der Waals surface area contributed by atoms with Gasteiger partial charge in [-0.05, 0) is 29.8 Å². The monoisotopic (exact) mass is 366 g/mol. The first-order valence-electron chi connectivity index (χ1n) is 7.24. The van der Waals surface area contributed by atoms with Crippen LogP contribution in [0.25, 0.3) is 0 Å². The maximum absolute atomic E-state index is 13.3. The number of rotatable bonds is 3. The highest BCUT2D eigenvalue weighted by atomic mass is 35.5. The van der Waals surface area contributed by atoms with Crippen LogP contribution >= 0.6 is 23.4 Å². The van der Waals surface area contributed by atoms with Crippen molar-refractivity contribution in [2.24, 2.45) is 4.99 Å². The van der Waals surface area contributed by atoms with Gasteiger partial charge in [0.1, 0.15) is 0 Å². The Kier molecular flexibility index (Phi) is 5.16. The molecule has 0 unspecified atom stereocenters. The van der Waals surface area contributed by atoms with Crippen molar-refractivity contribution in [3.05, 3.63) is 70.2 Å². The van der Waals surface area contributed by atoms with Gasteiger partial charge in [0.25, 0.3) is 5.91 Å². The zero-order valence-electron chi connectivity index (χ0n) is 12.5. The number of amides is 1. The van der Waals surface area contributed by atoms with Crippen LogP contribution in [0, 0.1) is 11.6 Å². The van der Waals surface area contributed by atoms with Crippen molar-refractivity contribution in [1.29, 1.82) is 0 Å². The molecule has 3 rings (SSSR count). The van der Waals surface area contributed by atoms with Crippen LogP contribution in [-0.4, -0.2) is 29.1 Å². The van der Waals surface area contributed by atoms with E-state index in [-0.39, 0.29) is 5.56 Å². The number of nitrogens with zero attached hydrogens (tertiary/aromatic N) is 2. The summed E-state index contributed by atoms with van der Waals surface area (Å²) in [6, 6.07) is 10.6. The summed E-state index contributed by atoms with van der Waals surface area (Å²) in [6.07, 6.45) is 0. The molecule has 3 nitrogen and oxygen atoms in total. The minimum atomic E-state index is -1.04. The molecule has 1 heterocycles. The number of hydrogen-bond acceptors (Lipinski definition) is 3. The summed E-state index contributed by atoms with van der Waals surface area (Å²) in [6.45, 7) is 0.906. The standard InChI is InChI=1S/C17H13ClF2N2OS/c18-13-4-2-1-3-12(13)10-24-17-21-7-8-22(17)16(23)11-5-6-14(19)15(20)9-11/h1-6,9H,7-8,10H2. The molecule has 24 heavy (non-hydrogen) atoms. The number of carbonyl (C=O) groups is 1. The first-order valence-corrected chi connectivity index (χ1v) is 8.60. The summed E-state index contributed by atoms with van der Waals surface area (Å²) >= 11 is 7.52. The van der Waals surface area contributed by atoms with Gasteiger partial charge in [-0.15, -0.1) is 0 Å². The number of hydrogen-bond donors (Lipinski definition) is 0. The fraction of sp³-hybridized carbons (Fsp3) is 0.176. The minimum Gasteiger partial charge on any atom is -0.286 e. The van der Waals surface area contributed by atoms with Crippen LogP contribution in [0.4, 0.5) is 8.78 Å². The molecule has 1 aliphatic heterocycles. The Hall–Kier alpha value is -1.92. The summed E-state index contributed by atoms with van der Waals surface area (Å²) in [5.74, 6) is -1.84.